The smallest absolute Gasteiger partial charge is 0.243 e. The topological polar surface area (TPSA) is 49.4 Å². The van der Waals surface area contributed by atoms with Crippen LogP contribution in [-0.4, -0.2) is 29.3 Å². The molecule has 2 amide bonds. The largest absolute Gasteiger partial charge is 0.354 e. The highest BCUT2D eigenvalue weighted by atomic mass is 19.1. The lowest BCUT2D eigenvalue weighted by Crippen LogP contribution is -2.51. The maximum absolute atomic E-state index is 14.5. The van der Waals surface area contributed by atoms with Crippen LogP contribution in [0.25, 0.3) is 0 Å². The van der Waals surface area contributed by atoms with Crippen molar-refractivity contribution < 1.29 is 18.4 Å². The maximum atomic E-state index is 14.5. The van der Waals surface area contributed by atoms with Crippen LogP contribution in [-0.2, 0) is 29.0 Å². The number of halogens is 2. The van der Waals surface area contributed by atoms with Gasteiger partial charge in [-0.3, -0.25) is 9.59 Å². The Labute approximate surface area is 199 Å². The fourth-order valence-electron chi connectivity index (χ4n) is 3.67. The number of rotatable bonds is 10. The van der Waals surface area contributed by atoms with Crippen molar-refractivity contribution in [3.63, 3.8) is 0 Å². The van der Waals surface area contributed by atoms with Crippen LogP contribution in [0.5, 0.6) is 0 Å². The van der Waals surface area contributed by atoms with Gasteiger partial charge in [-0.2, -0.15) is 0 Å². The number of amides is 2. The van der Waals surface area contributed by atoms with E-state index in [2.05, 4.69) is 5.32 Å². The Morgan fingerprint density at radius 3 is 2.15 bits per heavy atom. The van der Waals surface area contributed by atoms with Crippen molar-refractivity contribution in [3.05, 3.63) is 107 Å². The van der Waals surface area contributed by atoms with Crippen molar-refractivity contribution in [2.75, 3.05) is 6.54 Å². The van der Waals surface area contributed by atoms with Gasteiger partial charge in [0.1, 0.15) is 17.7 Å². The van der Waals surface area contributed by atoms with Crippen LogP contribution >= 0.6 is 0 Å². The Morgan fingerprint density at radius 1 is 0.853 bits per heavy atom. The summed E-state index contributed by atoms with van der Waals surface area (Å²) in [5.74, 6) is -1.23. The van der Waals surface area contributed by atoms with Gasteiger partial charge >= 0.3 is 0 Å². The molecule has 0 heterocycles. The minimum absolute atomic E-state index is 0.0303. The number of hydrogen-bond acceptors (Lipinski definition) is 2. The highest BCUT2D eigenvalue weighted by Crippen LogP contribution is 2.18. The van der Waals surface area contributed by atoms with Crippen molar-refractivity contribution in [1.29, 1.82) is 0 Å². The van der Waals surface area contributed by atoms with Crippen molar-refractivity contribution in [2.24, 2.45) is 5.92 Å². The highest BCUT2D eigenvalue weighted by molar-refractivity contribution is 5.88. The van der Waals surface area contributed by atoms with E-state index in [1.165, 1.54) is 23.1 Å². The Bertz CT molecular complexity index is 1090. The van der Waals surface area contributed by atoms with Crippen LogP contribution in [0.3, 0.4) is 0 Å². The molecule has 0 saturated heterocycles. The number of benzene rings is 3. The maximum Gasteiger partial charge on any atom is 0.243 e. The third-order valence-electron chi connectivity index (χ3n) is 5.52. The summed E-state index contributed by atoms with van der Waals surface area (Å²) in [6.07, 6.45) is 0.256. The van der Waals surface area contributed by atoms with Crippen molar-refractivity contribution in [2.45, 2.75) is 39.3 Å². The fourth-order valence-corrected chi connectivity index (χ4v) is 3.67. The van der Waals surface area contributed by atoms with Gasteiger partial charge in [0.15, 0.2) is 0 Å². The summed E-state index contributed by atoms with van der Waals surface area (Å²) in [6, 6.07) is 20.5. The molecule has 0 fully saturated rings. The Kier molecular flexibility index (Phi) is 8.91. The normalized spacial score (nSPS) is 11.8. The summed E-state index contributed by atoms with van der Waals surface area (Å²) in [5.41, 5.74) is 1.83. The third kappa shape index (κ3) is 7.24. The van der Waals surface area contributed by atoms with Crippen molar-refractivity contribution in [1.82, 2.24) is 10.2 Å². The molecule has 0 aromatic heterocycles. The first-order chi connectivity index (χ1) is 16.3. The van der Waals surface area contributed by atoms with E-state index < -0.39 is 17.7 Å². The Balaban J connectivity index is 1.96. The molecule has 6 heteroatoms. The van der Waals surface area contributed by atoms with Crippen LogP contribution in [0.4, 0.5) is 8.78 Å². The molecule has 0 unspecified atom stereocenters. The number of carbonyl (C=O) groups is 2. The van der Waals surface area contributed by atoms with E-state index in [-0.39, 0.29) is 37.1 Å². The van der Waals surface area contributed by atoms with Crippen LogP contribution in [0.1, 0.15) is 30.5 Å². The van der Waals surface area contributed by atoms with Gasteiger partial charge in [0.25, 0.3) is 0 Å². The summed E-state index contributed by atoms with van der Waals surface area (Å²) in [5, 5.41) is 2.93. The molecule has 0 radical (unpaired) electrons. The van der Waals surface area contributed by atoms with Crippen molar-refractivity contribution >= 4 is 11.8 Å². The van der Waals surface area contributed by atoms with Gasteiger partial charge in [-0.25, -0.2) is 8.78 Å². The second kappa shape index (κ2) is 12.1. The first kappa shape index (κ1) is 25.1. The number of nitrogens with zero attached hydrogens (tertiary/aromatic N) is 1. The van der Waals surface area contributed by atoms with Crippen LogP contribution in [0.15, 0.2) is 78.9 Å². The second-order valence-electron chi connectivity index (χ2n) is 8.76. The molecule has 4 nitrogen and oxygen atoms in total. The van der Waals surface area contributed by atoms with Gasteiger partial charge in [-0.1, -0.05) is 74.5 Å². The lowest BCUT2D eigenvalue weighted by Gasteiger charge is -2.32. The van der Waals surface area contributed by atoms with Gasteiger partial charge in [0.2, 0.25) is 11.8 Å². The quantitative estimate of drug-likeness (QED) is 0.463. The predicted molar refractivity (Wildman–Crippen MR) is 129 cm³/mol. The van der Waals surface area contributed by atoms with E-state index >= 15 is 0 Å². The van der Waals surface area contributed by atoms with E-state index in [1.807, 2.05) is 44.2 Å². The molecular weight excluding hydrogens is 434 g/mol. The van der Waals surface area contributed by atoms with Crippen LogP contribution in [0, 0.1) is 17.6 Å². The molecule has 3 rings (SSSR count). The molecule has 0 aliphatic rings. The monoisotopic (exact) mass is 464 g/mol. The lowest BCUT2D eigenvalue weighted by atomic mass is 10.0. The average molecular weight is 465 g/mol. The van der Waals surface area contributed by atoms with E-state index in [4.69, 9.17) is 0 Å². The van der Waals surface area contributed by atoms with E-state index in [1.54, 1.807) is 30.3 Å². The zero-order chi connectivity index (χ0) is 24.5. The molecule has 3 aromatic carbocycles. The first-order valence-corrected chi connectivity index (χ1v) is 11.4. The molecular formula is C28H30F2N2O2. The molecule has 3 aromatic rings. The fraction of sp³-hybridized carbons (Fsp3) is 0.286. The summed E-state index contributed by atoms with van der Waals surface area (Å²) in [7, 11) is 0. The molecule has 0 saturated carbocycles. The first-order valence-electron chi connectivity index (χ1n) is 11.4. The number of carbonyl (C=O) groups excluding carboxylic acids is 2. The minimum Gasteiger partial charge on any atom is -0.354 e. The number of hydrogen-bond donors (Lipinski definition) is 1. The molecule has 0 bridgehead atoms. The standard InChI is InChI=1S/C28H30F2N2O2/c1-20(2)18-31-28(34)26(16-21-8-4-3-5-9-21)32(19-23-10-6-7-11-25(23)30)27(33)17-22-12-14-24(29)15-13-22/h3-15,20,26H,16-19H2,1-2H3,(H,31,34)/t26-/m1/s1. The minimum atomic E-state index is -0.839. The molecule has 1 N–H and O–H groups in total. The molecule has 1 atom stereocenters. The van der Waals surface area contributed by atoms with E-state index in [0.29, 0.717) is 17.7 Å². The van der Waals surface area contributed by atoms with Crippen LogP contribution < -0.4 is 5.32 Å². The zero-order valence-corrected chi connectivity index (χ0v) is 19.5. The van der Waals surface area contributed by atoms with Gasteiger partial charge < -0.3 is 10.2 Å². The summed E-state index contributed by atoms with van der Waals surface area (Å²) in [6.45, 7) is 4.38. The third-order valence-corrected chi connectivity index (χ3v) is 5.52. The molecule has 0 aliphatic heterocycles. The predicted octanol–water partition coefficient (Wildman–Crippen LogP) is 4.92. The van der Waals surface area contributed by atoms with Gasteiger partial charge in [-0.15, -0.1) is 0 Å². The van der Waals surface area contributed by atoms with Gasteiger partial charge in [-0.05, 0) is 35.2 Å². The summed E-state index contributed by atoms with van der Waals surface area (Å²) < 4.78 is 27.9. The highest BCUT2D eigenvalue weighted by Gasteiger charge is 2.31. The SMILES string of the molecule is CC(C)CNC(=O)[C@@H](Cc1ccccc1)N(Cc1ccccc1F)C(=O)Cc1ccc(F)cc1. The Hall–Kier alpha value is -3.54. The zero-order valence-electron chi connectivity index (χ0n) is 19.5. The summed E-state index contributed by atoms with van der Waals surface area (Å²) in [4.78, 5) is 28.3. The second-order valence-corrected chi connectivity index (χ2v) is 8.76. The van der Waals surface area contributed by atoms with E-state index in [9.17, 15) is 18.4 Å². The molecule has 178 valence electrons. The molecule has 34 heavy (non-hydrogen) atoms. The molecule has 0 spiro atoms. The Morgan fingerprint density at radius 2 is 1.50 bits per heavy atom. The van der Waals surface area contributed by atoms with Gasteiger partial charge in [0.05, 0.1) is 6.42 Å². The average Bonchev–Trinajstić information content (AvgIpc) is 2.83. The van der Waals surface area contributed by atoms with Crippen LogP contribution in [0.2, 0.25) is 0 Å². The van der Waals surface area contributed by atoms with Gasteiger partial charge in [0, 0.05) is 25.1 Å². The molecule has 0 aliphatic carbocycles. The van der Waals surface area contributed by atoms with E-state index in [0.717, 1.165) is 5.56 Å². The summed E-state index contributed by atoms with van der Waals surface area (Å²) >= 11 is 0. The lowest BCUT2D eigenvalue weighted by molar-refractivity contribution is -0.140. The number of nitrogens with one attached hydrogen (secondary N) is 1. The van der Waals surface area contributed by atoms with Crippen molar-refractivity contribution in [3.8, 4) is 0 Å².